The van der Waals surface area contributed by atoms with Crippen LogP contribution in [0.1, 0.15) is 0 Å². The summed E-state index contributed by atoms with van der Waals surface area (Å²) in [4.78, 5) is 3.71. The minimum atomic E-state index is 0.548. The Kier molecular flexibility index (Phi) is 1.76. The standard InChI is InChI=1S/C4H4Cl2N2/c5-4-1-7-3-8(6)2-4/h1,3H,2H2. The number of hydrogen-bond acceptors (Lipinski definition) is 2. The first-order chi connectivity index (χ1) is 3.79. The molecule has 0 aromatic carbocycles. The van der Waals surface area contributed by atoms with Gasteiger partial charge in [0, 0.05) is 18.0 Å². The highest BCUT2D eigenvalue weighted by molar-refractivity contribution is 6.31. The van der Waals surface area contributed by atoms with Crippen molar-refractivity contribution in [3.05, 3.63) is 11.2 Å². The minimum absolute atomic E-state index is 0.548. The van der Waals surface area contributed by atoms with Crippen LogP contribution in [0.5, 0.6) is 0 Å². The van der Waals surface area contributed by atoms with Gasteiger partial charge in [0.2, 0.25) is 0 Å². The van der Waals surface area contributed by atoms with Gasteiger partial charge in [-0.05, 0) is 0 Å². The first kappa shape index (κ1) is 5.92. The van der Waals surface area contributed by atoms with E-state index in [9.17, 15) is 0 Å². The fourth-order valence-corrected chi connectivity index (χ4v) is 0.838. The van der Waals surface area contributed by atoms with E-state index in [-0.39, 0.29) is 0 Å². The smallest absolute Gasteiger partial charge is 0.105 e. The molecule has 2 nitrogen and oxygen atoms in total. The predicted octanol–water partition coefficient (Wildman–Crippen LogP) is 1.56. The molecule has 1 aliphatic heterocycles. The molecule has 0 aromatic heterocycles. The van der Waals surface area contributed by atoms with Crippen LogP contribution >= 0.6 is 23.4 Å². The zero-order chi connectivity index (χ0) is 5.98. The zero-order valence-electron chi connectivity index (χ0n) is 4.01. The van der Waals surface area contributed by atoms with Crippen molar-refractivity contribution < 1.29 is 0 Å². The minimum Gasteiger partial charge on any atom is -0.270 e. The fourth-order valence-electron chi connectivity index (χ4n) is 0.412. The van der Waals surface area contributed by atoms with Crippen LogP contribution in [0.15, 0.2) is 16.2 Å². The largest absolute Gasteiger partial charge is 0.270 e. The zero-order valence-corrected chi connectivity index (χ0v) is 5.52. The molecule has 44 valence electrons. The highest BCUT2D eigenvalue weighted by Gasteiger charge is 2.00. The maximum atomic E-state index is 5.53. The van der Waals surface area contributed by atoms with E-state index in [2.05, 4.69) is 4.99 Å². The average Bonchev–Trinajstić information content (AvgIpc) is 1.64. The molecule has 1 aliphatic rings. The Morgan fingerprint density at radius 1 is 1.75 bits per heavy atom. The van der Waals surface area contributed by atoms with Crippen molar-refractivity contribution in [2.24, 2.45) is 4.99 Å². The molecule has 0 aromatic rings. The normalized spacial score (nSPS) is 18.8. The highest BCUT2D eigenvalue weighted by Crippen LogP contribution is 2.08. The van der Waals surface area contributed by atoms with Gasteiger partial charge in [-0.1, -0.05) is 11.6 Å². The lowest BCUT2D eigenvalue weighted by Crippen LogP contribution is -2.13. The van der Waals surface area contributed by atoms with Crippen LogP contribution in [0.25, 0.3) is 0 Å². The van der Waals surface area contributed by atoms with Gasteiger partial charge in [-0.15, -0.1) is 0 Å². The molecular formula is C4H4Cl2N2. The van der Waals surface area contributed by atoms with Crippen LogP contribution < -0.4 is 0 Å². The van der Waals surface area contributed by atoms with Crippen molar-refractivity contribution in [1.82, 2.24) is 4.42 Å². The molecule has 0 aliphatic carbocycles. The van der Waals surface area contributed by atoms with Crippen molar-refractivity contribution in [3.63, 3.8) is 0 Å². The number of aliphatic imine (C=N–C) groups is 1. The summed E-state index contributed by atoms with van der Waals surface area (Å²) in [5.74, 6) is 0. The van der Waals surface area contributed by atoms with Crippen molar-refractivity contribution >= 4 is 29.7 Å². The maximum absolute atomic E-state index is 5.53. The highest BCUT2D eigenvalue weighted by atomic mass is 35.5. The molecule has 4 heteroatoms. The lowest BCUT2D eigenvalue weighted by atomic mass is 10.5. The Morgan fingerprint density at radius 3 is 2.88 bits per heavy atom. The van der Waals surface area contributed by atoms with Gasteiger partial charge in [0.15, 0.2) is 0 Å². The molecule has 0 atom stereocenters. The summed E-state index contributed by atoms with van der Waals surface area (Å²) in [7, 11) is 0. The van der Waals surface area contributed by atoms with Crippen LogP contribution in [0, 0.1) is 0 Å². The average molecular weight is 151 g/mol. The fraction of sp³-hybridized carbons (Fsp3) is 0.250. The molecule has 0 N–H and O–H groups in total. The van der Waals surface area contributed by atoms with Crippen molar-refractivity contribution in [1.29, 1.82) is 0 Å². The van der Waals surface area contributed by atoms with E-state index in [0.717, 1.165) is 0 Å². The van der Waals surface area contributed by atoms with E-state index in [1.165, 1.54) is 10.8 Å². The summed E-state index contributed by atoms with van der Waals surface area (Å²) >= 11 is 11.0. The molecule has 0 unspecified atom stereocenters. The van der Waals surface area contributed by atoms with Gasteiger partial charge in [-0.25, -0.2) is 4.99 Å². The van der Waals surface area contributed by atoms with Gasteiger partial charge in [0.05, 0.1) is 11.6 Å². The summed E-state index contributed by atoms with van der Waals surface area (Å²) in [5, 5.41) is 0.655. The van der Waals surface area contributed by atoms with Gasteiger partial charge in [0.1, 0.15) is 6.34 Å². The number of nitrogens with zero attached hydrogens (tertiary/aromatic N) is 2. The second kappa shape index (κ2) is 2.37. The molecule has 0 radical (unpaired) electrons. The van der Waals surface area contributed by atoms with Crippen molar-refractivity contribution in [3.8, 4) is 0 Å². The van der Waals surface area contributed by atoms with E-state index in [0.29, 0.717) is 11.6 Å². The number of hydrogen-bond donors (Lipinski definition) is 0. The summed E-state index contributed by atoms with van der Waals surface area (Å²) in [5.41, 5.74) is 0. The van der Waals surface area contributed by atoms with E-state index < -0.39 is 0 Å². The molecule has 0 amide bonds. The second-order valence-corrected chi connectivity index (χ2v) is 2.32. The van der Waals surface area contributed by atoms with Gasteiger partial charge in [-0.3, -0.25) is 4.42 Å². The topological polar surface area (TPSA) is 15.6 Å². The lowest BCUT2D eigenvalue weighted by Gasteiger charge is -2.10. The monoisotopic (exact) mass is 150 g/mol. The van der Waals surface area contributed by atoms with Gasteiger partial charge in [0.25, 0.3) is 0 Å². The van der Waals surface area contributed by atoms with Crippen molar-refractivity contribution in [2.45, 2.75) is 0 Å². The van der Waals surface area contributed by atoms with E-state index in [1.54, 1.807) is 6.20 Å². The summed E-state index contributed by atoms with van der Waals surface area (Å²) in [6.45, 7) is 0.548. The second-order valence-electron chi connectivity index (χ2n) is 1.40. The third-order valence-electron chi connectivity index (χ3n) is 0.709. The van der Waals surface area contributed by atoms with Gasteiger partial charge >= 0.3 is 0 Å². The Morgan fingerprint density at radius 2 is 2.50 bits per heavy atom. The maximum Gasteiger partial charge on any atom is 0.105 e. The molecule has 0 saturated carbocycles. The first-order valence-corrected chi connectivity index (χ1v) is 2.81. The third-order valence-corrected chi connectivity index (χ3v) is 1.13. The van der Waals surface area contributed by atoms with E-state index >= 15 is 0 Å². The predicted molar refractivity (Wildman–Crippen MR) is 35.0 cm³/mol. The molecule has 1 heterocycles. The van der Waals surface area contributed by atoms with E-state index in [1.807, 2.05) is 0 Å². The Hall–Kier alpha value is -0.210. The quantitative estimate of drug-likeness (QED) is 0.479. The van der Waals surface area contributed by atoms with Gasteiger partial charge in [-0.2, -0.15) is 0 Å². The number of halogens is 2. The van der Waals surface area contributed by atoms with E-state index in [4.69, 9.17) is 23.4 Å². The molecule has 0 saturated heterocycles. The molecular weight excluding hydrogens is 147 g/mol. The Balaban J connectivity index is 2.59. The molecule has 0 fully saturated rings. The van der Waals surface area contributed by atoms with Crippen LogP contribution in [-0.2, 0) is 0 Å². The van der Waals surface area contributed by atoms with Crippen LogP contribution in [0.2, 0.25) is 0 Å². The summed E-state index contributed by atoms with van der Waals surface area (Å²) < 4.78 is 1.39. The molecule has 0 bridgehead atoms. The number of rotatable bonds is 0. The molecule has 1 rings (SSSR count). The Labute approximate surface area is 57.5 Å². The van der Waals surface area contributed by atoms with Crippen molar-refractivity contribution in [2.75, 3.05) is 6.54 Å². The van der Waals surface area contributed by atoms with Crippen LogP contribution in [-0.4, -0.2) is 17.3 Å². The molecule has 8 heavy (non-hydrogen) atoms. The SMILES string of the molecule is ClC1=CN=CN(Cl)C1. The Bertz CT molecular complexity index is 141. The summed E-state index contributed by atoms with van der Waals surface area (Å²) in [6.07, 6.45) is 3.08. The lowest BCUT2D eigenvalue weighted by molar-refractivity contribution is 0.739. The van der Waals surface area contributed by atoms with Crippen LogP contribution in [0.3, 0.4) is 0 Å². The first-order valence-electron chi connectivity index (χ1n) is 2.09. The summed E-state index contributed by atoms with van der Waals surface area (Å²) in [6, 6.07) is 0. The third kappa shape index (κ3) is 1.39. The van der Waals surface area contributed by atoms with Gasteiger partial charge < -0.3 is 0 Å². The van der Waals surface area contributed by atoms with Crippen LogP contribution in [0.4, 0.5) is 0 Å². The molecule has 0 spiro atoms.